The van der Waals surface area contributed by atoms with Crippen LogP contribution in [0.5, 0.6) is 0 Å². The van der Waals surface area contributed by atoms with Crippen molar-refractivity contribution in [2.45, 2.75) is 25.7 Å². The maximum atomic E-state index is 12.0. The van der Waals surface area contributed by atoms with E-state index in [4.69, 9.17) is 5.11 Å². The van der Waals surface area contributed by atoms with Gasteiger partial charge in [0, 0.05) is 19.6 Å². The SMILES string of the molecule is O=C(CCCc1ccc2c3cccc4cccc(c5cccc1c52)c43)NCCCO. The maximum absolute atomic E-state index is 12.0. The highest BCUT2D eigenvalue weighted by molar-refractivity contribution is 6.33. The molecule has 0 atom stereocenters. The lowest BCUT2D eigenvalue weighted by molar-refractivity contribution is -0.121. The number of hydrogen-bond donors (Lipinski definition) is 2. The second-order valence-corrected chi connectivity index (χ2v) is 7.99. The van der Waals surface area contributed by atoms with Crippen molar-refractivity contribution in [2.24, 2.45) is 0 Å². The predicted molar refractivity (Wildman–Crippen MR) is 125 cm³/mol. The van der Waals surface area contributed by atoms with E-state index in [-0.39, 0.29) is 12.5 Å². The Labute approximate surface area is 175 Å². The monoisotopic (exact) mass is 395 g/mol. The number of amides is 1. The predicted octanol–water partition coefficient (Wildman–Crippen LogP) is 5.56. The molecular weight excluding hydrogens is 370 g/mol. The zero-order valence-corrected chi connectivity index (χ0v) is 16.9. The summed E-state index contributed by atoms with van der Waals surface area (Å²) in [5, 5.41) is 22.2. The van der Waals surface area contributed by atoms with Crippen LogP contribution in [0.4, 0.5) is 0 Å². The standard InChI is InChI=1S/C27H25NO2/c29-17-5-16-28-25(30)13-3-6-18-14-15-24-22-11-2-8-19-7-1-10-21(26(19)22)23-12-4-9-20(18)27(23)24/h1-2,4,7-12,14-15,29H,3,5-6,13,16-17H2,(H,28,30). The largest absolute Gasteiger partial charge is 0.396 e. The Balaban J connectivity index is 1.54. The van der Waals surface area contributed by atoms with Crippen LogP contribution in [0.2, 0.25) is 0 Å². The zero-order chi connectivity index (χ0) is 20.5. The normalized spacial score (nSPS) is 11.8. The van der Waals surface area contributed by atoms with Crippen molar-refractivity contribution in [3.05, 3.63) is 72.3 Å². The summed E-state index contributed by atoms with van der Waals surface area (Å²) in [5.41, 5.74) is 1.30. The number of hydrogen-bond acceptors (Lipinski definition) is 2. The van der Waals surface area contributed by atoms with Crippen molar-refractivity contribution in [3.8, 4) is 0 Å². The highest BCUT2D eigenvalue weighted by Crippen LogP contribution is 2.41. The van der Waals surface area contributed by atoms with E-state index in [1.165, 1.54) is 48.7 Å². The molecule has 0 saturated carbocycles. The fourth-order valence-corrected chi connectivity index (χ4v) is 4.76. The van der Waals surface area contributed by atoms with Crippen LogP contribution in [0.15, 0.2) is 66.7 Å². The van der Waals surface area contributed by atoms with Gasteiger partial charge in [-0.1, -0.05) is 66.7 Å². The van der Waals surface area contributed by atoms with Gasteiger partial charge in [-0.25, -0.2) is 0 Å². The van der Waals surface area contributed by atoms with E-state index in [0.29, 0.717) is 19.4 Å². The minimum Gasteiger partial charge on any atom is -0.396 e. The Morgan fingerprint density at radius 3 is 2.10 bits per heavy atom. The Kier molecular flexibility index (Phi) is 4.97. The third-order valence-corrected chi connectivity index (χ3v) is 6.12. The molecular formula is C27H25NO2. The lowest BCUT2D eigenvalue weighted by Crippen LogP contribution is -2.24. The molecule has 5 aromatic carbocycles. The van der Waals surface area contributed by atoms with Crippen LogP contribution in [-0.4, -0.2) is 24.2 Å². The van der Waals surface area contributed by atoms with Crippen molar-refractivity contribution in [1.29, 1.82) is 0 Å². The van der Waals surface area contributed by atoms with E-state index in [0.717, 1.165) is 12.8 Å². The summed E-state index contributed by atoms with van der Waals surface area (Å²) in [4.78, 5) is 12.0. The number of carbonyl (C=O) groups is 1. The van der Waals surface area contributed by atoms with E-state index in [2.05, 4.69) is 72.0 Å². The van der Waals surface area contributed by atoms with Crippen molar-refractivity contribution in [1.82, 2.24) is 5.32 Å². The molecule has 3 heteroatoms. The van der Waals surface area contributed by atoms with Crippen LogP contribution in [0, 0.1) is 0 Å². The molecule has 0 heterocycles. The molecule has 0 spiro atoms. The molecule has 150 valence electrons. The molecule has 0 bridgehead atoms. The fourth-order valence-electron chi connectivity index (χ4n) is 4.76. The molecule has 5 rings (SSSR count). The molecule has 0 aromatic heterocycles. The molecule has 1 amide bonds. The highest BCUT2D eigenvalue weighted by atomic mass is 16.3. The molecule has 0 fully saturated rings. The number of fused-ring (bicyclic) bond motifs is 2. The molecule has 30 heavy (non-hydrogen) atoms. The molecule has 2 N–H and O–H groups in total. The van der Waals surface area contributed by atoms with Gasteiger partial charge in [-0.3, -0.25) is 4.79 Å². The first-order valence-corrected chi connectivity index (χ1v) is 10.7. The van der Waals surface area contributed by atoms with Crippen LogP contribution < -0.4 is 5.32 Å². The van der Waals surface area contributed by atoms with E-state index in [1.807, 2.05) is 0 Å². The molecule has 0 aliphatic rings. The van der Waals surface area contributed by atoms with E-state index >= 15 is 0 Å². The lowest BCUT2D eigenvalue weighted by atomic mass is 9.87. The smallest absolute Gasteiger partial charge is 0.220 e. The quantitative estimate of drug-likeness (QED) is 0.215. The van der Waals surface area contributed by atoms with Crippen LogP contribution in [-0.2, 0) is 11.2 Å². The van der Waals surface area contributed by atoms with Gasteiger partial charge in [0.2, 0.25) is 5.91 Å². The number of aryl methyl sites for hydroxylation is 1. The zero-order valence-electron chi connectivity index (χ0n) is 16.9. The first-order chi connectivity index (χ1) is 14.8. The summed E-state index contributed by atoms with van der Waals surface area (Å²) in [6, 6.07) is 24.2. The van der Waals surface area contributed by atoms with Gasteiger partial charge in [0.1, 0.15) is 0 Å². The van der Waals surface area contributed by atoms with E-state index < -0.39 is 0 Å². The highest BCUT2D eigenvalue weighted by Gasteiger charge is 2.14. The average Bonchev–Trinajstić information content (AvgIpc) is 2.78. The first kappa shape index (κ1) is 18.8. The summed E-state index contributed by atoms with van der Waals surface area (Å²) in [6.45, 7) is 0.652. The molecule has 0 aliphatic carbocycles. The van der Waals surface area contributed by atoms with Crippen molar-refractivity contribution in [3.63, 3.8) is 0 Å². The van der Waals surface area contributed by atoms with Crippen LogP contribution >= 0.6 is 0 Å². The van der Waals surface area contributed by atoms with Gasteiger partial charge < -0.3 is 10.4 Å². The van der Waals surface area contributed by atoms with Gasteiger partial charge in [-0.05, 0) is 67.9 Å². The van der Waals surface area contributed by atoms with Gasteiger partial charge in [0.15, 0.2) is 0 Å². The third kappa shape index (κ3) is 3.16. The number of rotatable bonds is 7. The third-order valence-electron chi connectivity index (χ3n) is 6.12. The van der Waals surface area contributed by atoms with Crippen LogP contribution in [0.1, 0.15) is 24.8 Å². The summed E-state index contributed by atoms with van der Waals surface area (Å²) in [6.07, 6.45) is 2.81. The van der Waals surface area contributed by atoms with Gasteiger partial charge in [-0.2, -0.15) is 0 Å². The van der Waals surface area contributed by atoms with Crippen LogP contribution in [0.25, 0.3) is 43.1 Å². The maximum Gasteiger partial charge on any atom is 0.220 e. The number of carbonyl (C=O) groups excluding carboxylic acids is 1. The number of aliphatic hydroxyl groups is 1. The molecule has 0 unspecified atom stereocenters. The molecule has 0 saturated heterocycles. The number of nitrogens with one attached hydrogen (secondary N) is 1. The van der Waals surface area contributed by atoms with Gasteiger partial charge in [0.25, 0.3) is 0 Å². The Hall–Kier alpha value is -3.17. The fraction of sp³-hybridized carbons (Fsp3) is 0.222. The first-order valence-electron chi connectivity index (χ1n) is 10.7. The summed E-state index contributed by atoms with van der Waals surface area (Å²) >= 11 is 0. The Bertz CT molecular complexity index is 1310. The molecule has 0 radical (unpaired) electrons. The Morgan fingerprint density at radius 2 is 1.37 bits per heavy atom. The summed E-state index contributed by atoms with van der Waals surface area (Å²) < 4.78 is 0. The average molecular weight is 396 g/mol. The topological polar surface area (TPSA) is 49.3 Å². The van der Waals surface area contributed by atoms with Gasteiger partial charge in [0.05, 0.1) is 0 Å². The van der Waals surface area contributed by atoms with E-state index in [9.17, 15) is 4.79 Å². The number of benzene rings is 5. The van der Waals surface area contributed by atoms with Crippen LogP contribution in [0.3, 0.4) is 0 Å². The van der Waals surface area contributed by atoms with Crippen molar-refractivity contribution < 1.29 is 9.90 Å². The van der Waals surface area contributed by atoms with Crippen molar-refractivity contribution in [2.75, 3.05) is 13.2 Å². The van der Waals surface area contributed by atoms with Gasteiger partial charge in [-0.15, -0.1) is 0 Å². The van der Waals surface area contributed by atoms with E-state index in [1.54, 1.807) is 0 Å². The lowest BCUT2D eigenvalue weighted by Gasteiger charge is -2.16. The molecule has 0 aliphatic heterocycles. The Morgan fingerprint density at radius 1 is 0.733 bits per heavy atom. The minimum atomic E-state index is 0.0618. The summed E-state index contributed by atoms with van der Waals surface area (Å²) in [7, 11) is 0. The summed E-state index contributed by atoms with van der Waals surface area (Å²) in [5.74, 6) is 0.0618. The second kappa shape index (κ2) is 7.92. The number of aliphatic hydroxyl groups excluding tert-OH is 1. The second-order valence-electron chi connectivity index (χ2n) is 7.99. The minimum absolute atomic E-state index is 0.0618. The van der Waals surface area contributed by atoms with Gasteiger partial charge >= 0.3 is 0 Å². The molecule has 3 nitrogen and oxygen atoms in total. The van der Waals surface area contributed by atoms with Crippen molar-refractivity contribution >= 4 is 49.0 Å². The molecule has 5 aromatic rings.